The molecule has 0 bridgehead atoms. The van der Waals surface area contributed by atoms with Gasteiger partial charge >= 0.3 is 17.9 Å². The molecule has 1 N–H and O–H groups in total. The molecule has 0 rings (SSSR count). The molecule has 8 heteroatoms. The summed E-state index contributed by atoms with van der Waals surface area (Å²) in [7, 11) is 0. The average molecular weight is 346 g/mol. The van der Waals surface area contributed by atoms with Gasteiger partial charge in [0.25, 0.3) is 5.60 Å². The van der Waals surface area contributed by atoms with Gasteiger partial charge in [0, 0.05) is 6.61 Å². The number of ether oxygens (including phenoxy) is 4. The number of carbonyl (C=O) groups is 3. The molecule has 0 fully saturated rings. The van der Waals surface area contributed by atoms with Crippen molar-refractivity contribution in [2.45, 2.75) is 45.3 Å². The van der Waals surface area contributed by atoms with Gasteiger partial charge in [-0.25, -0.2) is 14.4 Å². The number of allylic oxidation sites excluding steroid dienone is 1. The Hall–Kier alpha value is -1.93. The first-order chi connectivity index (χ1) is 11.4. The standard InChI is InChI=1S/C16H26O8/c1-5-9-10-11-24-12(13(17)21-6-2)16(20,14(18)22-7-3)15(19)23-8-4/h5,12,20H,1,6-11H2,2-4H3. The van der Waals surface area contributed by atoms with Crippen molar-refractivity contribution < 1.29 is 38.4 Å². The van der Waals surface area contributed by atoms with Crippen LogP contribution < -0.4 is 0 Å². The Morgan fingerprint density at radius 3 is 1.96 bits per heavy atom. The molecule has 0 saturated carbocycles. The maximum absolute atomic E-state index is 12.1. The molecule has 24 heavy (non-hydrogen) atoms. The van der Waals surface area contributed by atoms with Crippen LogP contribution in [0.5, 0.6) is 0 Å². The van der Waals surface area contributed by atoms with Gasteiger partial charge < -0.3 is 24.1 Å². The average Bonchev–Trinajstić information content (AvgIpc) is 2.54. The Kier molecular flexibility index (Phi) is 10.7. The Morgan fingerprint density at radius 2 is 1.54 bits per heavy atom. The highest BCUT2D eigenvalue weighted by molar-refractivity contribution is 6.08. The van der Waals surface area contributed by atoms with Crippen LogP contribution in [-0.4, -0.2) is 61.1 Å². The number of rotatable bonds is 12. The summed E-state index contributed by atoms with van der Waals surface area (Å²) in [6.07, 6.45) is 0.819. The quantitative estimate of drug-likeness (QED) is 0.181. The molecule has 0 radical (unpaired) electrons. The van der Waals surface area contributed by atoms with Crippen molar-refractivity contribution in [3.63, 3.8) is 0 Å². The third kappa shape index (κ3) is 5.93. The van der Waals surface area contributed by atoms with Gasteiger partial charge in [-0.2, -0.15) is 0 Å². The topological polar surface area (TPSA) is 108 Å². The van der Waals surface area contributed by atoms with Gasteiger partial charge in [0.2, 0.25) is 6.10 Å². The van der Waals surface area contributed by atoms with E-state index in [2.05, 4.69) is 6.58 Å². The molecule has 0 aliphatic carbocycles. The molecule has 0 aromatic carbocycles. The summed E-state index contributed by atoms with van der Waals surface area (Å²) in [5.74, 6) is -3.71. The van der Waals surface area contributed by atoms with Gasteiger partial charge in [-0.1, -0.05) is 6.08 Å². The van der Waals surface area contributed by atoms with Gasteiger partial charge in [-0.05, 0) is 33.6 Å². The van der Waals surface area contributed by atoms with E-state index in [1.807, 2.05) is 0 Å². The normalized spacial score (nSPS) is 12.2. The summed E-state index contributed by atoms with van der Waals surface area (Å²) >= 11 is 0. The zero-order valence-corrected chi connectivity index (χ0v) is 14.4. The predicted molar refractivity (Wildman–Crippen MR) is 84.0 cm³/mol. The fourth-order valence-electron chi connectivity index (χ4n) is 1.79. The Balaban J connectivity index is 5.58. The van der Waals surface area contributed by atoms with Crippen LogP contribution in [0.15, 0.2) is 12.7 Å². The SMILES string of the molecule is C=CCCCOC(C(=O)OCC)C(O)(C(=O)OCC)C(=O)OCC. The number of hydrogen-bond donors (Lipinski definition) is 1. The van der Waals surface area contributed by atoms with Crippen molar-refractivity contribution in [3.8, 4) is 0 Å². The fourth-order valence-corrected chi connectivity index (χ4v) is 1.79. The van der Waals surface area contributed by atoms with E-state index in [0.717, 1.165) is 0 Å². The minimum Gasteiger partial charge on any atom is -0.464 e. The van der Waals surface area contributed by atoms with Crippen molar-refractivity contribution in [1.29, 1.82) is 0 Å². The number of carbonyl (C=O) groups excluding carboxylic acids is 3. The summed E-state index contributed by atoms with van der Waals surface area (Å²) in [6.45, 7) is 7.85. The predicted octanol–water partition coefficient (Wildman–Crippen LogP) is 0.758. The number of unbranched alkanes of at least 4 members (excludes halogenated alkanes) is 1. The first-order valence-corrected chi connectivity index (χ1v) is 7.85. The highest BCUT2D eigenvalue weighted by atomic mass is 16.6. The van der Waals surface area contributed by atoms with E-state index in [1.165, 1.54) is 13.8 Å². The van der Waals surface area contributed by atoms with Gasteiger partial charge in [0.05, 0.1) is 19.8 Å². The minimum absolute atomic E-state index is 0.00335. The van der Waals surface area contributed by atoms with E-state index in [4.69, 9.17) is 18.9 Å². The third-order valence-corrected chi connectivity index (χ3v) is 2.89. The van der Waals surface area contributed by atoms with Crippen LogP contribution in [0, 0.1) is 0 Å². The molecule has 8 nitrogen and oxygen atoms in total. The number of hydrogen-bond acceptors (Lipinski definition) is 8. The van der Waals surface area contributed by atoms with E-state index in [-0.39, 0.29) is 26.4 Å². The zero-order chi connectivity index (χ0) is 18.6. The Bertz CT molecular complexity index is 414. The molecule has 1 atom stereocenters. The fraction of sp³-hybridized carbons (Fsp3) is 0.688. The maximum atomic E-state index is 12.1. The lowest BCUT2D eigenvalue weighted by Gasteiger charge is -2.30. The minimum atomic E-state index is -2.94. The molecule has 0 saturated heterocycles. The largest absolute Gasteiger partial charge is 0.464 e. The molecule has 0 aliphatic rings. The van der Waals surface area contributed by atoms with Gasteiger partial charge in [0.1, 0.15) is 0 Å². The monoisotopic (exact) mass is 346 g/mol. The molecule has 138 valence electrons. The second kappa shape index (κ2) is 11.6. The molecule has 0 aromatic heterocycles. The van der Waals surface area contributed by atoms with Crippen LogP contribution in [0.2, 0.25) is 0 Å². The molecule has 0 aliphatic heterocycles. The van der Waals surface area contributed by atoms with Crippen molar-refractivity contribution >= 4 is 17.9 Å². The van der Waals surface area contributed by atoms with E-state index in [9.17, 15) is 19.5 Å². The lowest BCUT2D eigenvalue weighted by molar-refractivity contribution is -0.208. The molecule has 0 aromatic rings. The van der Waals surface area contributed by atoms with Crippen molar-refractivity contribution in [2.75, 3.05) is 26.4 Å². The summed E-state index contributed by atoms with van der Waals surface area (Å²) in [6, 6.07) is 0. The second-order valence-corrected chi connectivity index (χ2v) is 4.64. The smallest absolute Gasteiger partial charge is 0.353 e. The highest BCUT2D eigenvalue weighted by Gasteiger charge is 2.58. The van der Waals surface area contributed by atoms with E-state index >= 15 is 0 Å². The molecule has 1 unspecified atom stereocenters. The van der Waals surface area contributed by atoms with Crippen LogP contribution in [-0.2, 0) is 33.3 Å². The summed E-state index contributed by atoms with van der Waals surface area (Å²) in [4.78, 5) is 36.4. The highest BCUT2D eigenvalue weighted by Crippen LogP contribution is 2.21. The molecular weight excluding hydrogens is 320 g/mol. The van der Waals surface area contributed by atoms with E-state index < -0.39 is 29.6 Å². The van der Waals surface area contributed by atoms with Gasteiger partial charge in [-0.15, -0.1) is 6.58 Å². The van der Waals surface area contributed by atoms with E-state index in [0.29, 0.717) is 12.8 Å². The lowest BCUT2D eigenvalue weighted by atomic mass is 9.96. The first kappa shape index (κ1) is 22.1. The molecule has 0 amide bonds. The lowest BCUT2D eigenvalue weighted by Crippen LogP contribution is -2.61. The van der Waals surface area contributed by atoms with Crippen molar-refractivity contribution in [2.24, 2.45) is 0 Å². The number of aliphatic hydroxyl groups is 1. The van der Waals surface area contributed by atoms with Crippen molar-refractivity contribution in [3.05, 3.63) is 12.7 Å². The van der Waals surface area contributed by atoms with Crippen molar-refractivity contribution in [1.82, 2.24) is 0 Å². The Morgan fingerprint density at radius 1 is 1.04 bits per heavy atom. The third-order valence-electron chi connectivity index (χ3n) is 2.89. The van der Waals surface area contributed by atoms with Crippen LogP contribution in [0.25, 0.3) is 0 Å². The maximum Gasteiger partial charge on any atom is 0.353 e. The van der Waals surface area contributed by atoms with Crippen LogP contribution in [0.3, 0.4) is 0 Å². The second-order valence-electron chi connectivity index (χ2n) is 4.64. The van der Waals surface area contributed by atoms with Crippen LogP contribution in [0.4, 0.5) is 0 Å². The van der Waals surface area contributed by atoms with Crippen LogP contribution in [0.1, 0.15) is 33.6 Å². The summed E-state index contributed by atoms with van der Waals surface area (Å²) in [5.41, 5.74) is -2.94. The van der Waals surface area contributed by atoms with Gasteiger partial charge in [0.15, 0.2) is 0 Å². The molecule has 0 spiro atoms. The zero-order valence-electron chi connectivity index (χ0n) is 14.4. The van der Waals surface area contributed by atoms with E-state index in [1.54, 1.807) is 13.0 Å². The van der Waals surface area contributed by atoms with Crippen LogP contribution >= 0.6 is 0 Å². The molecule has 0 heterocycles. The summed E-state index contributed by atoms with van der Waals surface area (Å²) in [5, 5.41) is 10.6. The Labute approximate surface area is 141 Å². The first-order valence-electron chi connectivity index (χ1n) is 7.85. The molecular formula is C16H26O8. The summed E-state index contributed by atoms with van der Waals surface area (Å²) < 4.78 is 19.5. The van der Waals surface area contributed by atoms with Gasteiger partial charge in [-0.3, -0.25) is 0 Å². The number of esters is 3.